The third-order valence-electron chi connectivity index (χ3n) is 3.83. The van der Waals surface area contributed by atoms with Crippen molar-refractivity contribution in [3.8, 4) is 0 Å². The van der Waals surface area contributed by atoms with Crippen molar-refractivity contribution < 1.29 is 4.79 Å². The number of amides is 1. The molecule has 104 valence electrons. The number of rotatable bonds is 3. The maximum Gasteiger partial charge on any atom is 0.230 e. The molecule has 1 aromatic carbocycles. The van der Waals surface area contributed by atoms with Crippen molar-refractivity contribution in [2.45, 2.75) is 39.0 Å². The number of carbonyl (C=O) groups is 1. The van der Waals surface area contributed by atoms with Crippen molar-refractivity contribution in [3.63, 3.8) is 0 Å². The van der Waals surface area contributed by atoms with Crippen molar-refractivity contribution in [2.24, 2.45) is 5.92 Å². The van der Waals surface area contributed by atoms with Crippen LogP contribution >= 0.6 is 11.6 Å². The first-order valence-corrected chi connectivity index (χ1v) is 7.51. The third kappa shape index (κ3) is 3.50. The number of hydrogen-bond acceptors (Lipinski definition) is 1. The molecule has 1 aliphatic heterocycles. The number of likely N-dealkylation sites (tertiary alicyclic amines) is 1. The van der Waals surface area contributed by atoms with Gasteiger partial charge >= 0.3 is 0 Å². The molecular weight excluding hydrogens is 258 g/mol. The highest BCUT2D eigenvalue weighted by atomic mass is 35.5. The Morgan fingerprint density at radius 1 is 1.11 bits per heavy atom. The van der Waals surface area contributed by atoms with Crippen LogP contribution in [0.15, 0.2) is 24.3 Å². The predicted molar refractivity (Wildman–Crippen MR) is 79.5 cm³/mol. The molecular formula is C16H22ClNO. The molecule has 0 aliphatic carbocycles. The molecule has 1 heterocycles. The molecule has 1 amide bonds. The minimum absolute atomic E-state index is 0.0460. The van der Waals surface area contributed by atoms with Gasteiger partial charge in [0.25, 0.3) is 0 Å². The fourth-order valence-corrected chi connectivity index (χ4v) is 2.92. The summed E-state index contributed by atoms with van der Waals surface area (Å²) < 4.78 is 0. The van der Waals surface area contributed by atoms with Gasteiger partial charge in [0, 0.05) is 18.1 Å². The third-order valence-corrected chi connectivity index (χ3v) is 4.08. The number of carbonyl (C=O) groups excluding carboxylic acids is 1. The molecule has 19 heavy (non-hydrogen) atoms. The molecule has 0 N–H and O–H groups in total. The van der Waals surface area contributed by atoms with Crippen LogP contribution in [0.5, 0.6) is 0 Å². The van der Waals surface area contributed by atoms with Crippen LogP contribution in [0.2, 0.25) is 5.02 Å². The molecule has 0 saturated carbocycles. The van der Waals surface area contributed by atoms with Crippen LogP contribution < -0.4 is 0 Å². The fraction of sp³-hybridized carbons (Fsp3) is 0.562. The van der Waals surface area contributed by atoms with Crippen molar-refractivity contribution >= 4 is 17.5 Å². The molecule has 1 fully saturated rings. The van der Waals surface area contributed by atoms with Crippen LogP contribution in [0.25, 0.3) is 0 Å². The lowest BCUT2D eigenvalue weighted by molar-refractivity contribution is -0.134. The summed E-state index contributed by atoms with van der Waals surface area (Å²) in [5, 5.41) is 0.719. The second kappa shape index (κ2) is 6.42. The summed E-state index contributed by atoms with van der Waals surface area (Å²) in [6, 6.07) is 7.70. The van der Waals surface area contributed by atoms with Gasteiger partial charge in [-0.15, -0.1) is 0 Å². The van der Waals surface area contributed by atoms with E-state index in [2.05, 4.69) is 13.8 Å². The number of halogens is 1. The molecule has 0 aromatic heterocycles. The van der Waals surface area contributed by atoms with Crippen LogP contribution in [0, 0.1) is 5.92 Å². The van der Waals surface area contributed by atoms with Crippen LogP contribution in [0.1, 0.15) is 44.6 Å². The van der Waals surface area contributed by atoms with Crippen molar-refractivity contribution in [3.05, 3.63) is 34.9 Å². The Morgan fingerprint density at radius 2 is 1.68 bits per heavy atom. The van der Waals surface area contributed by atoms with Gasteiger partial charge in [0.05, 0.1) is 5.92 Å². The normalized spacial score (nSPS) is 17.6. The minimum atomic E-state index is -0.0460. The molecule has 1 saturated heterocycles. The Balaban J connectivity index is 2.19. The van der Waals surface area contributed by atoms with Gasteiger partial charge in [0.15, 0.2) is 0 Å². The van der Waals surface area contributed by atoms with Crippen molar-refractivity contribution in [2.75, 3.05) is 13.1 Å². The van der Waals surface area contributed by atoms with Gasteiger partial charge < -0.3 is 4.90 Å². The van der Waals surface area contributed by atoms with Gasteiger partial charge in [-0.1, -0.05) is 37.6 Å². The maximum atomic E-state index is 12.7. The second-order valence-electron chi connectivity index (χ2n) is 5.66. The predicted octanol–water partition coefficient (Wildman–Crippen LogP) is 4.09. The summed E-state index contributed by atoms with van der Waals surface area (Å²) in [7, 11) is 0. The lowest BCUT2D eigenvalue weighted by atomic mass is 9.86. The first-order chi connectivity index (χ1) is 9.09. The Morgan fingerprint density at radius 3 is 2.21 bits per heavy atom. The van der Waals surface area contributed by atoms with E-state index in [0.29, 0.717) is 5.92 Å². The van der Waals surface area contributed by atoms with E-state index in [1.165, 1.54) is 6.42 Å². The topological polar surface area (TPSA) is 20.3 Å². The lowest BCUT2D eigenvalue weighted by Gasteiger charge is -2.32. The molecule has 1 atom stereocenters. The van der Waals surface area contributed by atoms with Crippen LogP contribution in [0.3, 0.4) is 0 Å². The van der Waals surface area contributed by atoms with Gasteiger partial charge in [-0.25, -0.2) is 0 Å². The van der Waals surface area contributed by atoms with E-state index in [1.807, 2.05) is 29.2 Å². The van der Waals surface area contributed by atoms with Gasteiger partial charge in [-0.3, -0.25) is 4.79 Å². The molecule has 1 aliphatic rings. The molecule has 1 unspecified atom stereocenters. The van der Waals surface area contributed by atoms with E-state index in [4.69, 9.17) is 11.6 Å². The van der Waals surface area contributed by atoms with E-state index in [0.717, 1.165) is 36.5 Å². The zero-order valence-corrected chi connectivity index (χ0v) is 12.5. The quantitative estimate of drug-likeness (QED) is 0.816. The van der Waals surface area contributed by atoms with E-state index in [9.17, 15) is 4.79 Å². The molecule has 0 bridgehead atoms. The largest absolute Gasteiger partial charge is 0.342 e. The Kier molecular flexibility index (Phi) is 4.87. The number of benzene rings is 1. The summed E-state index contributed by atoms with van der Waals surface area (Å²) in [5.41, 5.74) is 1.08. The SMILES string of the molecule is CC(C)C(C(=O)N1CCCCC1)c1ccc(Cl)cc1. The molecule has 2 rings (SSSR count). The molecule has 3 heteroatoms. The van der Waals surface area contributed by atoms with Gasteiger partial charge in [-0.2, -0.15) is 0 Å². The van der Waals surface area contributed by atoms with Crippen LogP contribution in [0.4, 0.5) is 0 Å². The van der Waals surface area contributed by atoms with Crippen molar-refractivity contribution in [1.82, 2.24) is 4.90 Å². The first-order valence-electron chi connectivity index (χ1n) is 7.14. The highest BCUT2D eigenvalue weighted by Crippen LogP contribution is 2.28. The van der Waals surface area contributed by atoms with Gasteiger partial charge in [0.2, 0.25) is 5.91 Å². The highest BCUT2D eigenvalue weighted by Gasteiger charge is 2.29. The zero-order valence-electron chi connectivity index (χ0n) is 11.7. The highest BCUT2D eigenvalue weighted by molar-refractivity contribution is 6.30. The average Bonchev–Trinajstić information content (AvgIpc) is 2.42. The van der Waals surface area contributed by atoms with Crippen LogP contribution in [-0.2, 0) is 4.79 Å². The summed E-state index contributed by atoms with van der Waals surface area (Å²) in [6.45, 7) is 6.05. The summed E-state index contributed by atoms with van der Waals surface area (Å²) >= 11 is 5.93. The first kappa shape index (κ1) is 14.4. The van der Waals surface area contributed by atoms with Crippen molar-refractivity contribution in [1.29, 1.82) is 0 Å². The summed E-state index contributed by atoms with van der Waals surface area (Å²) in [4.78, 5) is 14.7. The summed E-state index contributed by atoms with van der Waals surface area (Å²) in [6.07, 6.45) is 3.52. The Bertz CT molecular complexity index is 421. The van der Waals surface area contributed by atoms with E-state index in [-0.39, 0.29) is 11.8 Å². The second-order valence-corrected chi connectivity index (χ2v) is 6.10. The van der Waals surface area contributed by atoms with Crippen LogP contribution in [-0.4, -0.2) is 23.9 Å². The molecule has 0 radical (unpaired) electrons. The van der Waals surface area contributed by atoms with E-state index in [1.54, 1.807) is 0 Å². The monoisotopic (exact) mass is 279 g/mol. The maximum absolute atomic E-state index is 12.7. The number of piperidine rings is 1. The fourth-order valence-electron chi connectivity index (χ4n) is 2.79. The van der Waals surface area contributed by atoms with E-state index < -0.39 is 0 Å². The molecule has 2 nitrogen and oxygen atoms in total. The average molecular weight is 280 g/mol. The minimum Gasteiger partial charge on any atom is -0.342 e. The Hall–Kier alpha value is -1.02. The zero-order chi connectivity index (χ0) is 13.8. The standard InChI is InChI=1S/C16H22ClNO/c1-12(2)15(13-6-8-14(17)9-7-13)16(19)18-10-4-3-5-11-18/h6-9,12,15H,3-5,10-11H2,1-2H3. The lowest BCUT2D eigenvalue weighted by Crippen LogP contribution is -2.40. The van der Waals surface area contributed by atoms with Gasteiger partial charge in [0.1, 0.15) is 0 Å². The van der Waals surface area contributed by atoms with E-state index >= 15 is 0 Å². The number of hydrogen-bond donors (Lipinski definition) is 0. The smallest absolute Gasteiger partial charge is 0.230 e. The van der Waals surface area contributed by atoms with Gasteiger partial charge in [-0.05, 0) is 42.9 Å². The number of nitrogens with zero attached hydrogens (tertiary/aromatic N) is 1. The molecule has 0 spiro atoms. The summed E-state index contributed by atoms with van der Waals surface area (Å²) in [5.74, 6) is 0.531. The Labute approximate surface area is 120 Å². The molecule has 1 aromatic rings.